The minimum absolute atomic E-state index is 0.00622. The van der Waals surface area contributed by atoms with E-state index < -0.39 is 12.1 Å². The quantitative estimate of drug-likeness (QED) is 0.769. The predicted octanol–water partition coefficient (Wildman–Crippen LogP) is 4.42. The van der Waals surface area contributed by atoms with Crippen molar-refractivity contribution in [2.45, 2.75) is 70.6 Å². The molecule has 10 heteroatoms. The fraction of sp³-hybridized carbons (Fsp3) is 0.737. The molecule has 0 unspecified atom stereocenters. The van der Waals surface area contributed by atoms with Crippen LogP contribution in [0.3, 0.4) is 0 Å². The Hall–Kier alpha value is -1.84. The summed E-state index contributed by atoms with van der Waals surface area (Å²) in [6.45, 7) is 4.11. The number of hydrogen-bond acceptors (Lipinski definition) is 4. The number of halogens is 3. The van der Waals surface area contributed by atoms with Crippen molar-refractivity contribution in [1.82, 2.24) is 14.8 Å². The van der Waals surface area contributed by atoms with Crippen LogP contribution in [0.25, 0.3) is 0 Å². The van der Waals surface area contributed by atoms with E-state index >= 15 is 0 Å². The molecule has 1 aliphatic carbocycles. The Bertz CT molecular complexity index is 723. The van der Waals surface area contributed by atoms with Gasteiger partial charge < -0.3 is 9.80 Å². The van der Waals surface area contributed by atoms with Crippen LogP contribution in [0.1, 0.15) is 50.3 Å². The summed E-state index contributed by atoms with van der Waals surface area (Å²) in [5.41, 5.74) is 0. The molecule has 2 fully saturated rings. The lowest BCUT2D eigenvalue weighted by atomic mass is 9.85. The van der Waals surface area contributed by atoms with Crippen molar-refractivity contribution in [3.05, 3.63) is 11.1 Å². The highest BCUT2D eigenvalue weighted by atomic mass is 32.1. The van der Waals surface area contributed by atoms with E-state index in [4.69, 9.17) is 0 Å². The van der Waals surface area contributed by atoms with Crippen LogP contribution in [-0.4, -0.2) is 58.1 Å². The molecule has 29 heavy (non-hydrogen) atoms. The number of aromatic nitrogens is 1. The minimum atomic E-state index is -4.86. The Morgan fingerprint density at radius 1 is 1.14 bits per heavy atom. The number of carbonyl (C=O) groups is 2. The van der Waals surface area contributed by atoms with Crippen LogP contribution in [0, 0.1) is 12.8 Å². The third-order valence-electron chi connectivity index (χ3n) is 5.84. The van der Waals surface area contributed by atoms with Gasteiger partial charge in [-0.2, -0.15) is 13.2 Å². The van der Waals surface area contributed by atoms with Crippen LogP contribution in [-0.2, 0) is 4.79 Å². The number of hydrogen-bond donors (Lipinski definition) is 1. The molecule has 1 aliphatic heterocycles. The Kier molecular flexibility index (Phi) is 6.70. The molecule has 1 aromatic rings. The van der Waals surface area contributed by atoms with Gasteiger partial charge in [-0.3, -0.25) is 10.1 Å². The molecule has 0 radical (unpaired) electrons. The number of anilines is 1. The summed E-state index contributed by atoms with van der Waals surface area (Å²) >= 11 is 1.39. The van der Waals surface area contributed by atoms with E-state index in [2.05, 4.69) is 17.2 Å². The lowest BCUT2D eigenvalue weighted by molar-refractivity contribution is -0.186. The van der Waals surface area contributed by atoms with E-state index in [1.165, 1.54) is 11.3 Å². The molecule has 3 amide bonds. The number of amides is 3. The lowest BCUT2D eigenvalue weighted by Gasteiger charge is -2.44. The summed E-state index contributed by atoms with van der Waals surface area (Å²) in [6, 6.07) is -0.381. The van der Waals surface area contributed by atoms with Crippen molar-refractivity contribution in [2.75, 3.05) is 18.4 Å². The van der Waals surface area contributed by atoms with E-state index in [-0.39, 0.29) is 31.2 Å². The Labute approximate surface area is 172 Å². The number of aryl methyl sites for hydroxylation is 1. The number of likely N-dealkylation sites (tertiary alicyclic amines) is 1. The number of nitrogens with zero attached hydrogens (tertiary/aromatic N) is 3. The first kappa shape index (κ1) is 21.9. The molecule has 0 bridgehead atoms. The van der Waals surface area contributed by atoms with Gasteiger partial charge in [0.05, 0.1) is 0 Å². The zero-order valence-corrected chi connectivity index (χ0v) is 17.5. The number of carbonyl (C=O) groups excluding carboxylic acids is 2. The highest BCUT2D eigenvalue weighted by Crippen LogP contribution is 2.32. The second-order valence-corrected chi connectivity index (χ2v) is 9.28. The Morgan fingerprint density at radius 3 is 2.24 bits per heavy atom. The zero-order chi connectivity index (χ0) is 21.2. The van der Waals surface area contributed by atoms with Crippen LogP contribution in [0.4, 0.5) is 23.1 Å². The maximum absolute atomic E-state index is 13.1. The number of alkyl halides is 3. The molecule has 2 aliphatic rings. The topological polar surface area (TPSA) is 65.5 Å². The first-order valence-corrected chi connectivity index (χ1v) is 10.8. The standard InChI is InChI=1S/C19H27F3N4O2S/c1-12-3-5-14(6-4-12)26(18(28)24-17-23-11-13(2)29-17)15-7-9-25(10-8-15)16(27)19(20,21)22/h11-12,14-15H,3-10H2,1-2H3,(H,23,24,28). The summed E-state index contributed by atoms with van der Waals surface area (Å²) in [6.07, 6.45) is 1.34. The summed E-state index contributed by atoms with van der Waals surface area (Å²) in [7, 11) is 0. The van der Waals surface area contributed by atoms with Crippen LogP contribution < -0.4 is 5.32 Å². The van der Waals surface area contributed by atoms with Gasteiger partial charge in [-0.25, -0.2) is 9.78 Å². The average Bonchev–Trinajstić information content (AvgIpc) is 3.07. The number of urea groups is 1. The molecular weight excluding hydrogens is 405 g/mol. The van der Waals surface area contributed by atoms with Gasteiger partial charge in [0, 0.05) is 36.2 Å². The van der Waals surface area contributed by atoms with Gasteiger partial charge in [0.2, 0.25) is 0 Å². The van der Waals surface area contributed by atoms with E-state index in [1.807, 2.05) is 11.8 Å². The van der Waals surface area contributed by atoms with Crippen molar-refractivity contribution in [1.29, 1.82) is 0 Å². The fourth-order valence-electron chi connectivity index (χ4n) is 4.25. The third-order valence-corrected chi connectivity index (χ3v) is 6.66. The number of piperidine rings is 1. The van der Waals surface area contributed by atoms with Crippen molar-refractivity contribution >= 4 is 28.4 Å². The van der Waals surface area contributed by atoms with Crippen LogP contribution >= 0.6 is 11.3 Å². The molecular formula is C19H27F3N4O2S. The van der Waals surface area contributed by atoms with E-state index in [1.54, 1.807) is 6.20 Å². The molecule has 162 valence electrons. The molecule has 0 spiro atoms. The van der Waals surface area contributed by atoms with Gasteiger partial charge in [-0.1, -0.05) is 6.92 Å². The number of rotatable bonds is 3. The molecule has 1 N–H and O–H groups in total. The van der Waals surface area contributed by atoms with Crippen molar-refractivity contribution in [3.8, 4) is 0 Å². The molecule has 6 nitrogen and oxygen atoms in total. The fourth-order valence-corrected chi connectivity index (χ4v) is 4.90. The van der Waals surface area contributed by atoms with Crippen molar-refractivity contribution in [2.24, 2.45) is 5.92 Å². The highest BCUT2D eigenvalue weighted by Gasteiger charge is 2.44. The third kappa shape index (κ3) is 5.40. The van der Waals surface area contributed by atoms with Gasteiger partial charge in [-0.05, 0) is 51.4 Å². The predicted molar refractivity (Wildman–Crippen MR) is 105 cm³/mol. The molecule has 3 rings (SSSR count). The van der Waals surface area contributed by atoms with Gasteiger partial charge >= 0.3 is 18.1 Å². The second kappa shape index (κ2) is 8.89. The van der Waals surface area contributed by atoms with Crippen LogP contribution in [0.5, 0.6) is 0 Å². The lowest BCUT2D eigenvalue weighted by Crippen LogP contribution is -2.55. The molecule has 0 atom stereocenters. The van der Waals surface area contributed by atoms with Crippen molar-refractivity contribution in [3.63, 3.8) is 0 Å². The summed E-state index contributed by atoms with van der Waals surface area (Å²) in [4.78, 5) is 32.4. The van der Waals surface area contributed by atoms with E-state index in [0.29, 0.717) is 23.9 Å². The van der Waals surface area contributed by atoms with Crippen molar-refractivity contribution < 1.29 is 22.8 Å². The molecule has 0 aromatic carbocycles. The normalized spacial score (nSPS) is 23.7. The minimum Gasteiger partial charge on any atom is -0.335 e. The van der Waals surface area contributed by atoms with Crippen LogP contribution in [0.2, 0.25) is 0 Å². The highest BCUT2D eigenvalue weighted by molar-refractivity contribution is 7.15. The number of nitrogens with one attached hydrogen (secondary N) is 1. The first-order chi connectivity index (χ1) is 13.6. The maximum Gasteiger partial charge on any atom is 0.471 e. The second-order valence-electron chi connectivity index (χ2n) is 8.05. The smallest absolute Gasteiger partial charge is 0.335 e. The average molecular weight is 433 g/mol. The Balaban J connectivity index is 1.70. The SMILES string of the molecule is Cc1cnc(NC(=O)N(C2CCC(C)CC2)C2CCN(C(=O)C(F)(F)F)CC2)s1. The molecule has 2 heterocycles. The summed E-state index contributed by atoms with van der Waals surface area (Å²) < 4.78 is 38.2. The van der Waals surface area contributed by atoms with Crippen LogP contribution in [0.15, 0.2) is 6.20 Å². The van der Waals surface area contributed by atoms with Gasteiger partial charge in [0.25, 0.3) is 0 Å². The zero-order valence-electron chi connectivity index (χ0n) is 16.7. The number of thiazole rings is 1. The van der Waals surface area contributed by atoms with Gasteiger partial charge in [-0.15, -0.1) is 11.3 Å². The van der Waals surface area contributed by atoms with E-state index in [0.717, 1.165) is 35.5 Å². The summed E-state index contributed by atoms with van der Waals surface area (Å²) in [5.74, 6) is -1.18. The van der Waals surface area contributed by atoms with Gasteiger partial charge in [0.1, 0.15) is 0 Å². The van der Waals surface area contributed by atoms with Gasteiger partial charge in [0.15, 0.2) is 5.13 Å². The molecule has 1 saturated carbocycles. The molecule has 1 saturated heterocycles. The first-order valence-electron chi connectivity index (χ1n) is 10.0. The Morgan fingerprint density at radius 2 is 1.72 bits per heavy atom. The van der Waals surface area contributed by atoms with E-state index in [9.17, 15) is 22.8 Å². The maximum atomic E-state index is 13.1. The monoisotopic (exact) mass is 432 g/mol. The largest absolute Gasteiger partial charge is 0.471 e. The summed E-state index contributed by atoms with van der Waals surface area (Å²) in [5, 5.41) is 3.38. The molecule has 1 aromatic heterocycles.